The Bertz CT molecular complexity index is 518. The van der Waals surface area contributed by atoms with Gasteiger partial charge in [-0.3, -0.25) is 4.98 Å². The lowest BCUT2D eigenvalue weighted by Gasteiger charge is -2.19. The normalized spacial score (nSPS) is 11.3. The molecule has 1 rings (SSSR count). The molecule has 2 N–H and O–H groups in total. The number of aromatic carboxylic acids is 1. The number of amides is 1. The number of nitrogens with one attached hydrogen (secondary N) is 1. The topological polar surface area (TPSA) is 88.5 Å². The van der Waals surface area contributed by atoms with Crippen LogP contribution in [-0.2, 0) is 4.74 Å². The van der Waals surface area contributed by atoms with Gasteiger partial charge in [-0.25, -0.2) is 9.59 Å². The van der Waals surface area contributed by atoms with Gasteiger partial charge in [0.1, 0.15) is 5.60 Å². The first-order valence-corrected chi connectivity index (χ1v) is 6.11. The van der Waals surface area contributed by atoms with Gasteiger partial charge in [0.15, 0.2) is 0 Å². The van der Waals surface area contributed by atoms with Crippen molar-refractivity contribution in [3.8, 4) is 0 Å². The Morgan fingerprint density at radius 2 is 2.15 bits per heavy atom. The minimum atomic E-state index is -1.04. The van der Waals surface area contributed by atoms with E-state index in [1.807, 2.05) is 0 Å². The molecule has 1 aromatic heterocycles. The van der Waals surface area contributed by atoms with Crippen molar-refractivity contribution >= 4 is 18.1 Å². The molecule has 0 saturated heterocycles. The van der Waals surface area contributed by atoms with Gasteiger partial charge in [-0.1, -0.05) is 6.08 Å². The van der Waals surface area contributed by atoms with E-state index in [4.69, 9.17) is 9.84 Å². The minimum absolute atomic E-state index is 0.112. The number of rotatable bonds is 4. The summed E-state index contributed by atoms with van der Waals surface area (Å²) in [5.74, 6) is -1.04. The number of carboxylic acid groups (broad SMARTS) is 1. The molecule has 1 heterocycles. The van der Waals surface area contributed by atoms with E-state index in [0.717, 1.165) is 0 Å². The van der Waals surface area contributed by atoms with Crippen molar-refractivity contribution in [3.05, 3.63) is 35.7 Å². The van der Waals surface area contributed by atoms with E-state index in [9.17, 15) is 9.59 Å². The number of hydrogen-bond donors (Lipinski definition) is 2. The first-order valence-electron chi connectivity index (χ1n) is 6.11. The van der Waals surface area contributed by atoms with E-state index in [1.54, 1.807) is 39.0 Å². The minimum Gasteiger partial charge on any atom is -0.478 e. The van der Waals surface area contributed by atoms with E-state index in [-0.39, 0.29) is 12.1 Å². The smallest absolute Gasteiger partial charge is 0.407 e. The summed E-state index contributed by atoms with van der Waals surface area (Å²) in [5.41, 5.74) is -0.0994. The van der Waals surface area contributed by atoms with Crippen LogP contribution < -0.4 is 5.32 Å². The van der Waals surface area contributed by atoms with Crippen LogP contribution in [0.2, 0.25) is 0 Å². The Kier molecular flexibility index (Phi) is 5.25. The highest BCUT2D eigenvalue weighted by molar-refractivity contribution is 5.91. The summed E-state index contributed by atoms with van der Waals surface area (Å²) in [6.07, 6.45) is 4.13. The Labute approximate surface area is 117 Å². The summed E-state index contributed by atoms with van der Waals surface area (Å²) in [6.45, 7) is 5.55. The Balaban J connectivity index is 2.54. The van der Waals surface area contributed by atoms with Gasteiger partial charge in [0, 0.05) is 12.7 Å². The van der Waals surface area contributed by atoms with Gasteiger partial charge in [0.2, 0.25) is 0 Å². The SMILES string of the molecule is CC(C)(C)OC(=O)NCC=Cc1ncccc1C(=O)O. The van der Waals surface area contributed by atoms with Crippen LogP contribution in [0.15, 0.2) is 24.4 Å². The van der Waals surface area contributed by atoms with Crippen LogP contribution in [0.3, 0.4) is 0 Å². The zero-order valence-electron chi connectivity index (χ0n) is 11.7. The first-order chi connectivity index (χ1) is 9.29. The molecule has 0 saturated carbocycles. The molecule has 108 valence electrons. The number of carbonyl (C=O) groups excluding carboxylic acids is 1. The second-order valence-corrected chi connectivity index (χ2v) is 5.03. The molecular weight excluding hydrogens is 260 g/mol. The van der Waals surface area contributed by atoms with Crippen molar-refractivity contribution in [1.82, 2.24) is 10.3 Å². The van der Waals surface area contributed by atoms with Crippen molar-refractivity contribution in [2.24, 2.45) is 0 Å². The summed E-state index contributed by atoms with van der Waals surface area (Å²) in [6, 6.07) is 3.02. The Morgan fingerprint density at radius 3 is 2.75 bits per heavy atom. The number of carboxylic acids is 1. The van der Waals surface area contributed by atoms with Gasteiger partial charge in [-0.2, -0.15) is 0 Å². The average Bonchev–Trinajstić information content (AvgIpc) is 2.33. The predicted molar refractivity (Wildman–Crippen MR) is 74.5 cm³/mol. The zero-order chi connectivity index (χ0) is 15.2. The molecule has 0 aliphatic heterocycles. The Hall–Kier alpha value is -2.37. The summed E-state index contributed by atoms with van der Waals surface area (Å²) in [4.78, 5) is 26.3. The molecule has 6 nitrogen and oxygen atoms in total. The third kappa shape index (κ3) is 5.51. The fourth-order valence-corrected chi connectivity index (χ4v) is 1.36. The van der Waals surface area contributed by atoms with Crippen molar-refractivity contribution < 1.29 is 19.4 Å². The fraction of sp³-hybridized carbons (Fsp3) is 0.357. The second-order valence-electron chi connectivity index (χ2n) is 5.03. The van der Waals surface area contributed by atoms with Gasteiger partial charge in [-0.15, -0.1) is 0 Å². The molecule has 1 aromatic rings. The zero-order valence-corrected chi connectivity index (χ0v) is 11.7. The van der Waals surface area contributed by atoms with E-state index >= 15 is 0 Å². The highest BCUT2D eigenvalue weighted by Crippen LogP contribution is 2.08. The van der Waals surface area contributed by atoms with Crippen molar-refractivity contribution in [1.29, 1.82) is 0 Å². The van der Waals surface area contributed by atoms with E-state index < -0.39 is 17.7 Å². The van der Waals surface area contributed by atoms with Crippen molar-refractivity contribution in [2.75, 3.05) is 6.54 Å². The molecule has 1 amide bonds. The third-order valence-electron chi connectivity index (χ3n) is 2.11. The number of nitrogens with zero attached hydrogens (tertiary/aromatic N) is 1. The number of hydrogen-bond acceptors (Lipinski definition) is 4. The van der Waals surface area contributed by atoms with Crippen LogP contribution in [0.4, 0.5) is 4.79 Å². The van der Waals surface area contributed by atoms with Crippen LogP contribution in [0.5, 0.6) is 0 Å². The molecule has 0 aromatic carbocycles. The van der Waals surface area contributed by atoms with E-state index in [1.165, 1.54) is 12.3 Å². The first kappa shape index (κ1) is 15.7. The molecule has 0 spiro atoms. The molecule has 0 bridgehead atoms. The molecule has 0 aliphatic rings. The molecule has 0 unspecified atom stereocenters. The standard InChI is InChI=1S/C14H18N2O4/c1-14(2,3)20-13(19)16-9-5-7-11-10(12(17)18)6-4-8-15-11/h4-8H,9H2,1-3H3,(H,16,19)(H,17,18). The van der Waals surface area contributed by atoms with Gasteiger partial charge in [0.05, 0.1) is 11.3 Å². The second kappa shape index (κ2) is 6.70. The number of aromatic nitrogens is 1. The summed E-state index contributed by atoms with van der Waals surface area (Å²) >= 11 is 0. The lowest BCUT2D eigenvalue weighted by Crippen LogP contribution is -2.32. The van der Waals surface area contributed by atoms with Crippen LogP contribution in [0.1, 0.15) is 36.8 Å². The summed E-state index contributed by atoms with van der Waals surface area (Å²) < 4.78 is 5.06. The maximum atomic E-state index is 11.4. The van der Waals surface area contributed by atoms with E-state index in [2.05, 4.69) is 10.3 Å². The summed E-state index contributed by atoms with van der Waals surface area (Å²) in [5, 5.41) is 11.5. The fourth-order valence-electron chi connectivity index (χ4n) is 1.36. The van der Waals surface area contributed by atoms with Crippen LogP contribution in [0.25, 0.3) is 6.08 Å². The quantitative estimate of drug-likeness (QED) is 0.882. The predicted octanol–water partition coefficient (Wildman–Crippen LogP) is 2.32. The molecule has 0 aliphatic carbocycles. The van der Waals surface area contributed by atoms with Gasteiger partial charge < -0.3 is 15.2 Å². The van der Waals surface area contributed by atoms with Crippen LogP contribution in [0, 0.1) is 0 Å². The lowest BCUT2D eigenvalue weighted by atomic mass is 10.2. The molecule has 20 heavy (non-hydrogen) atoms. The van der Waals surface area contributed by atoms with E-state index in [0.29, 0.717) is 5.69 Å². The molecule has 0 atom stereocenters. The maximum absolute atomic E-state index is 11.4. The largest absolute Gasteiger partial charge is 0.478 e. The van der Waals surface area contributed by atoms with Crippen LogP contribution in [-0.4, -0.2) is 34.3 Å². The van der Waals surface area contributed by atoms with Crippen molar-refractivity contribution in [2.45, 2.75) is 26.4 Å². The number of pyridine rings is 1. The van der Waals surface area contributed by atoms with Gasteiger partial charge in [-0.05, 0) is 39.0 Å². The average molecular weight is 278 g/mol. The monoisotopic (exact) mass is 278 g/mol. The third-order valence-corrected chi connectivity index (χ3v) is 2.11. The van der Waals surface area contributed by atoms with Crippen LogP contribution >= 0.6 is 0 Å². The molecule has 6 heteroatoms. The highest BCUT2D eigenvalue weighted by Gasteiger charge is 2.15. The van der Waals surface area contributed by atoms with Gasteiger partial charge in [0.25, 0.3) is 0 Å². The lowest BCUT2D eigenvalue weighted by molar-refractivity contribution is 0.0533. The number of ether oxygens (including phenoxy) is 1. The molecule has 0 fully saturated rings. The maximum Gasteiger partial charge on any atom is 0.407 e. The van der Waals surface area contributed by atoms with Crippen molar-refractivity contribution in [3.63, 3.8) is 0 Å². The molecular formula is C14H18N2O4. The Morgan fingerprint density at radius 1 is 1.45 bits per heavy atom. The number of alkyl carbamates (subject to hydrolysis) is 1. The number of carbonyl (C=O) groups is 2. The molecule has 0 radical (unpaired) electrons. The highest BCUT2D eigenvalue weighted by atomic mass is 16.6. The summed E-state index contributed by atoms with van der Waals surface area (Å²) in [7, 11) is 0. The van der Waals surface area contributed by atoms with Gasteiger partial charge >= 0.3 is 12.1 Å².